The Morgan fingerprint density at radius 3 is 2.69 bits per heavy atom. The third-order valence-corrected chi connectivity index (χ3v) is 5.34. The minimum atomic E-state index is 0.307. The second-order valence-corrected chi connectivity index (χ2v) is 6.89. The molecule has 3 rings (SSSR count). The lowest BCUT2D eigenvalue weighted by Crippen LogP contribution is -2.50. The van der Waals surface area contributed by atoms with Crippen LogP contribution in [0.4, 0.5) is 0 Å². The Morgan fingerprint density at radius 1 is 1.31 bits per heavy atom. The molecule has 1 saturated heterocycles. The van der Waals surface area contributed by atoms with E-state index >= 15 is 0 Å². The van der Waals surface area contributed by atoms with Crippen LogP contribution < -0.4 is 0 Å². The molecule has 3 unspecified atom stereocenters. The van der Waals surface area contributed by atoms with Gasteiger partial charge in [-0.15, -0.1) is 0 Å². The molecule has 3 aliphatic rings. The Bertz CT molecular complexity index is 322. The fourth-order valence-corrected chi connectivity index (χ4v) is 4.07. The second-order valence-electron chi connectivity index (χ2n) is 6.89. The number of fused-ring (bicyclic) bond motifs is 2. The number of allylic oxidation sites excluding steroid dienone is 2. The van der Waals surface area contributed by atoms with Crippen LogP contribution >= 0.6 is 0 Å². The Kier molecular flexibility index (Phi) is 2.27. The van der Waals surface area contributed by atoms with E-state index in [0.717, 1.165) is 18.4 Å². The van der Waals surface area contributed by atoms with E-state index in [2.05, 4.69) is 26.8 Å². The van der Waals surface area contributed by atoms with Gasteiger partial charge in [0, 0.05) is 0 Å². The molecule has 1 spiro atoms. The van der Waals surface area contributed by atoms with E-state index in [4.69, 9.17) is 4.74 Å². The van der Waals surface area contributed by atoms with Gasteiger partial charge in [0.2, 0.25) is 0 Å². The third-order valence-electron chi connectivity index (χ3n) is 5.34. The van der Waals surface area contributed by atoms with Crippen molar-refractivity contribution in [3.8, 4) is 0 Å². The zero-order valence-electron chi connectivity index (χ0n) is 10.9. The number of rotatable bonds is 0. The van der Waals surface area contributed by atoms with Gasteiger partial charge < -0.3 is 4.74 Å². The van der Waals surface area contributed by atoms with Crippen LogP contribution in [0, 0.1) is 17.3 Å². The molecule has 0 radical (unpaired) electrons. The molecule has 0 N–H and O–H groups in total. The summed E-state index contributed by atoms with van der Waals surface area (Å²) in [4.78, 5) is 0. The van der Waals surface area contributed by atoms with Crippen LogP contribution in [0.25, 0.3) is 0 Å². The van der Waals surface area contributed by atoms with E-state index < -0.39 is 0 Å². The molecule has 1 heterocycles. The first-order chi connectivity index (χ1) is 7.54. The number of epoxide rings is 1. The highest BCUT2D eigenvalue weighted by atomic mass is 16.6. The van der Waals surface area contributed by atoms with Gasteiger partial charge >= 0.3 is 0 Å². The Labute approximate surface area is 99.3 Å². The van der Waals surface area contributed by atoms with Crippen LogP contribution in [0.2, 0.25) is 0 Å². The van der Waals surface area contributed by atoms with E-state index in [1.165, 1.54) is 32.1 Å². The molecule has 1 nitrogen and oxygen atoms in total. The molecular weight excluding hydrogens is 196 g/mol. The standard InChI is InChI=1S/C15H24O/c1-11-5-4-8-15(10-16-15)13-9-14(2,3)12(13)7-6-11/h5,12-13H,4,6-10H2,1-3H3. The molecule has 1 aliphatic heterocycles. The van der Waals surface area contributed by atoms with Crippen molar-refractivity contribution >= 4 is 0 Å². The zero-order chi connectivity index (χ0) is 11.4. The van der Waals surface area contributed by atoms with E-state index in [1.807, 2.05) is 0 Å². The molecule has 0 aromatic carbocycles. The van der Waals surface area contributed by atoms with Crippen LogP contribution in [-0.4, -0.2) is 12.2 Å². The summed E-state index contributed by atoms with van der Waals surface area (Å²) < 4.78 is 5.86. The summed E-state index contributed by atoms with van der Waals surface area (Å²) in [5, 5.41) is 0. The van der Waals surface area contributed by atoms with Crippen molar-refractivity contribution in [3.63, 3.8) is 0 Å². The predicted octanol–water partition coefficient (Wildman–Crippen LogP) is 3.94. The summed E-state index contributed by atoms with van der Waals surface area (Å²) in [6, 6.07) is 0. The van der Waals surface area contributed by atoms with E-state index in [-0.39, 0.29) is 0 Å². The quantitative estimate of drug-likeness (QED) is 0.445. The smallest absolute Gasteiger partial charge is 0.0950 e. The van der Waals surface area contributed by atoms with E-state index in [0.29, 0.717) is 11.0 Å². The first-order valence-electron chi connectivity index (χ1n) is 6.83. The van der Waals surface area contributed by atoms with Crippen molar-refractivity contribution in [2.75, 3.05) is 6.61 Å². The summed E-state index contributed by atoms with van der Waals surface area (Å²) in [6.07, 6.45) is 9.01. The Morgan fingerprint density at radius 2 is 2.06 bits per heavy atom. The van der Waals surface area contributed by atoms with Crippen LogP contribution in [-0.2, 0) is 4.74 Å². The van der Waals surface area contributed by atoms with Gasteiger partial charge in [-0.2, -0.15) is 0 Å². The number of hydrogen-bond acceptors (Lipinski definition) is 1. The Balaban J connectivity index is 1.82. The molecule has 0 amide bonds. The Hall–Kier alpha value is -0.300. The van der Waals surface area contributed by atoms with Crippen molar-refractivity contribution in [2.45, 2.75) is 58.5 Å². The molecule has 90 valence electrons. The van der Waals surface area contributed by atoms with E-state index in [9.17, 15) is 0 Å². The lowest BCUT2D eigenvalue weighted by molar-refractivity contribution is -0.0642. The molecule has 1 heteroatoms. The molecule has 16 heavy (non-hydrogen) atoms. The summed E-state index contributed by atoms with van der Waals surface area (Å²) in [5.41, 5.74) is 2.47. The maximum Gasteiger partial charge on any atom is 0.0950 e. The topological polar surface area (TPSA) is 12.5 Å². The average molecular weight is 220 g/mol. The molecule has 2 fully saturated rings. The summed E-state index contributed by atoms with van der Waals surface area (Å²) in [5.74, 6) is 1.76. The van der Waals surface area contributed by atoms with Crippen molar-refractivity contribution in [2.24, 2.45) is 17.3 Å². The first-order valence-corrected chi connectivity index (χ1v) is 6.83. The van der Waals surface area contributed by atoms with Gasteiger partial charge in [-0.3, -0.25) is 0 Å². The van der Waals surface area contributed by atoms with Gasteiger partial charge in [-0.05, 0) is 56.3 Å². The molecule has 1 saturated carbocycles. The van der Waals surface area contributed by atoms with Gasteiger partial charge in [-0.1, -0.05) is 25.5 Å². The molecular formula is C15H24O. The monoisotopic (exact) mass is 220 g/mol. The van der Waals surface area contributed by atoms with Crippen LogP contribution in [0.3, 0.4) is 0 Å². The van der Waals surface area contributed by atoms with Gasteiger partial charge in [0.1, 0.15) is 0 Å². The molecule has 0 aromatic heterocycles. The number of ether oxygens (including phenoxy) is 1. The maximum atomic E-state index is 5.86. The SMILES string of the molecule is CC1=CCCC2(CO2)C2CC(C)(C)C2CC1. The van der Waals surface area contributed by atoms with Gasteiger partial charge in [-0.25, -0.2) is 0 Å². The summed E-state index contributed by atoms with van der Waals surface area (Å²) in [7, 11) is 0. The van der Waals surface area contributed by atoms with Crippen LogP contribution in [0.1, 0.15) is 52.9 Å². The highest BCUT2D eigenvalue weighted by Gasteiger charge is 2.62. The van der Waals surface area contributed by atoms with E-state index in [1.54, 1.807) is 5.57 Å². The minimum absolute atomic E-state index is 0.307. The zero-order valence-corrected chi connectivity index (χ0v) is 10.9. The van der Waals surface area contributed by atoms with Gasteiger partial charge in [0.05, 0.1) is 12.2 Å². The van der Waals surface area contributed by atoms with Gasteiger partial charge in [0.25, 0.3) is 0 Å². The van der Waals surface area contributed by atoms with Crippen molar-refractivity contribution in [1.29, 1.82) is 0 Å². The van der Waals surface area contributed by atoms with Crippen LogP contribution in [0.5, 0.6) is 0 Å². The molecule has 0 aromatic rings. The van der Waals surface area contributed by atoms with Gasteiger partial charge in [0.15, 0.2) is 0 Å². The van der Waals surface area contributed by atoms with Crippen molar-refractivity contribution < 1.29 is 4.74 Å². The van der Waals surface area contributed by atoms with Crippen LogP contribution in [0.15, 0.2) is 11.6 Å². The highest BCUT2D eigenvalue weighted by molar-refractivity contribution is 5.13. The molecule has 2 aliphatic carbocycles. The maximum absolute atomic E-state index is 5.86. The lowest BCUT2D eigenvalue weighted by atomic mass is 9.50. The highest BCUT2D eigenvalue weighted by Crippen LogP contribution is 2.62. The predicted molar refractivity (Wildman–Crippen MR) is 66.3 cm³/mol. The lowest BCUT2D eigenvalue weighted by Gasteiger charge is -2.54. The second kappa shape index (κ2) is 3.35. The average Bonchev–Trinajstić information content (AvgIpc) is 2.94. The summed E-state index contributed by atoms with van der Waals surface area (Å²) >= 11 is 0. The minimum Gasteiger partial charge on any atom is -0.369 e. The number of hydrogen-bond donors (Lipinski definition) is 0. The normalized spacial score (nSPS) is 45.8. The largest absolute Gasteiger partial charge is 0.369 e. The fraction of sp³-hybridized carbons (Fsp3) is 0.867. The van der Waals surface area contributed by atoms with Crippen molar-refractivity contribution in [3.05, 3.63) is 11.6 Å². The molecule has 3 atom stereocenters. The summed E-state index contributed by atoms with van der Waals surface area (Å²) in [6.45, 7) is 8.23. The van der Waals surface area contributed by atoms with Crippen molar-refractivity contribution in [1.82, 2.24) is 0 Å². The fourth-order valence-electron chi connectivity index (χ4n) is 4.07. The molecule has 0 bridgehead atoms. The third kappa shape index (κ3) is 1.55. The first kappa shape index (κ1) is 10.8.